The highest BCUT2D eigenvalue weighted by molar-refractivity contribution is 6.19. The molecule has 0 saturated carbocycles. The molecule has 0 atom stereocenters. The molecule has 0 spiro atoms. The number of halogens is 1. The molecule has 1 aromatic rings. The SMILES string of the molecule is O=Cc1cc(C=O)cc(C=CCCl)c1. The van der Waals surface area contributed by atoms with E-state index in [1.165, 1.54) is 6.07 Å². The van der Waals surface area contributed by atoms with Gasteiger partial charge < -0.3 is 0 Å². The van der Waals surface area contributed by atoms with Gasteiger partial charge in [-0.25, -0.2) is 0 Å². The van der Waals surface area contributed by atoms with Gasteiger partial charge in [0.15, 0.2) is 0 Å². The maximum Gasteiger partial charge on any atom is 0.150 e. The van der Waals surface area contributed by atoms with E-state index in [1.807, 2.05) is 0 Å². The van der Waals surface area contributed by atoms with Crippen LogP contribution in [0.4, 0.5) is 0 Å². The Morgan fingerprint density at radius 2 is 1.50 bits per heavy atom. The third-order valence-electron chi connectivity index (χ3n) is 1.67. The first kappa shape index (κ1) is 10.7. The van der Waals surface area contributed by atoms with Crippen LogP contribution in [0.15, 0.2) is 24.3 Å². The number of carbonyl (C=O) groups excluding carboxylic acids is 2. The Morgan fingerprint density at radius 1 is 1.00 bits per heavy atom. The quantitative estimate of drug-likeness (QED) is 0.563. The fraction of sp³-hybridized carbons (Fsp3) is 0.0909. The second-order valence-corrected chi connectivity index (χ2v) is 3.03. The second-order valence-electron chi connectivity index (χ2n) is 2.73. The van der Waals surface area contributed by atoms with Crippen molar-refractivity contribution in [3.63, 3.8) is 0 Å². The Balaban J connectivity index is 3.10. The van der Waals surface area contributed by atoms with Gasteiger partial charge in [-0.3, -0.25) is 9.59 Å². The van der Waals surface area contributed by atoms with Crippen molar-refractivity contribution in [1.29, 1.82) is 0 Å². The molecule has 1 aromatic carbocycles. The van der Waals surface area contributed by atoms with Gasteiger partial charge in [-0.05, 0) is 23.8 Å². The predicted octanol–water partition coefficient (Wildman–Crippen LogP) is 2.56. The molecule has 2 nitrogen and oxygen atoms in total. The minimum Gasteiger partial charge on any atom is -0.298 e. The van der Waals surface area contributed by atoms with Crippen LogP contribution < -0.4 is 0 Å². The number of benzene rings is 1. The number of carbonyl (C=O) groups is 2. The summed E-state index contributed by atoms with van der Waals surface area (Å²) in [7, 11) is 0. The van der Waals surface area contributed by atoms with Gasteiger partial charge in [0.25, 0.3) is 0 Å². The monoisotopic (exact) mass is 208 g/mol. The Bertz CT molecular complexity index is 343. The molecule has 14 heavy (non-hydrogen) atoms. The van der Waals surface area contributed by atoms with E-state index >= 15 is 0 Å². The first-order chi connectivity index (χ1) is 6.80. The third-order valence-corrected chi connectivity index (χ3v) is 1.85. The van der Waals surface area contributed by atoms with E-state index in [2.05, 4.69) is 0 Å². The van der Waals surface area contributed by atoms with Gasteiger partial charge in [-0.2, -0.15) is 0 Å². The summed E-state index contributed by atoms with van der Waals surface area (Å²) in [5, 5.41) is 0. The van der Waals surface area contributed by atoms with Gasteiger partial charge in [0.2, 0.25) is 0 Å². The number of allylic oxidation sites excluding steroid dienone is 1. The van der Waals surface area contributed by atoms with E-state index in [0.717, 1.165) is 5.56 Å². The Labute approximate surface area is 87.2 Å². The molecule has 0 unspecified atom stereocenters. The zero-order valence-electron chi connectivity index (χ0n) is 7.44. The summed E-state index contributed by atoms with van der Waals surface area (Å²) >= 11 is 5.47. The van der Waals surface area contributed by atoms with Crippen LogP contribution in [0.25, 0.3) is 6.08 Å². The van der Waals surface area contributed by atoms with Crippen molar-refractivity contribution < 1.29 is 9.59 Å². The van der Waals surface area contributed by atoms with Crippen molar-refractivity contribution in [2.75, 3.05) is 5.88 Å². The first-order valence-corrected chi connectivity index (χ1v) is 4.61. The van der Waals surface area contributed by atoms with Crippen LogP contribution in [-0.2, 0) is 0 Å². The van der Waals surface area contributed by atoms with Gasteiger partial charge in [0.1, 0.15) is 12.6 Å². The first-order valence-electron chi connectivity index (χ1n) is 4.08. The molecule has 72 valence electrons. The Hall–Kier alpha value is -1.41. The number of hydrogen-bond donors (Lipinski definition) is 0. The number of aldehydes is 2. The summed E-state index contributed by atoms with van der Waals surface area (Å²) in [6, 6.07) is 4.93. The van der Waals surface area contributed by atoms with Crippen LogP contribution in [0.1, 0.15) is 26.3 Å². The molecular formula is C11H9ClO2. The smallest absolute Gasteiger partial charge is 0.150 e. The molecule has 0 saturated heterocycles. The molecule has 0 fully saturated rings. The molecular weight excluding hydrogens is 200 g/mol. The van der Waals surface area contributed by atoms with Crippen LogP contribution in [0.3, 0.4) is 0 Å². The minimum absolute atomic E-state index is 0.405. The summed E-state index contributed by atoms with van der Waals surface area (Å²) in [6.45, 7) is 0. The molecule has 0 aliphatic carbocycles. The topological polar surface area (TPSA) is 34.1 Å². The lowest BCUT2D eigenvalue weighted by molar-refractivity contribution is 0.112. The molecule has 0 aliphatic rings. The summed E-state index contributed by atoms with van der Waals surface area (Å²) < 4.78 is 0. The lowest BCUT2D eigenvalue weighted by atomic mass is 10.1. The molecule has 0 aromatic heterocycles. The Morgan fingerprint density at radius 3 is 1.93 bits per heavy atom. The minimum atomic E-state index is 0.405. The predicted molar refractivity (Wildman–Crippen MR) is 57.0 cm³/mol. The zero-order chi connectivity index (χ0) is 10.4. The van der Waals surface area contributed by atoms with E-state index in [4.69, 9.17) is 11.6 Å². The van der Waals surface area contributed by atoms with Crippen molar-refractivity contribution in [2.24, 2.45) is 0 Å². The second kappa shape index (κ2) is 5.35. The maximum atomic E-state index is 10.5. The van der Waals surface area contributed by atoms with Crippen molar-refractivity contribution in [3.05, 3.63) is 41.0 Å². The molecule has 0 N–H and O–H groups in total. The maximum absolute atomic E-state index is 10.5. The molecule has 0 bridgehead atoms. The van der Waals surface area contributed by atoms with Crippen LogP contribution in [0, 0.1) is 0 Å². The van der Waals surface area contributed by atoms with E-state index in [0.29, 0.717) is 29.6 Å². The van der Waals surface area contributed by atoms with Crippen LogP contribution in [0.2, 0.25) is 0 Å². The van der Waals surface area contributed by atoms with Gasteiger partial charge >= 0.3 is 0 Å². The average Bonchev–Trinajstić information content (AvgIpc) is 2.25. The van der Waals surface area contributed by atoms with E-state index in [1.54, 1.807) is 24.3 Å². The third kappa shape index (κ3) is 2.82. The summed E-state index contributed by atoms with van der Waals surface area (Å²) in [5.41, 5.74) is 1.78. The summed E-state index contributed by atoms with van der Waals surface area (Å²) in [4.78, 5) is 21.1. The number of rotatable bonds is 4. The largest absolute Gasteiger partial charge is 0.298 e. The highest BCUT2D eigenvalue weighted by Crippen LogP contribution is 2.09. The standard InChI is InChI=1S/C11H9ClO2/c12-3-1-2-9-4-10(7-13)6-11(5-9)8-14/h1-2,4-8H,3H2. The van der Waals surface area contributed by atoms with E-state index in [9.17, 15) is 9.59 Å². The molecule has 3 heteroatoms. The summed E-state index contributed by atoms with van der Waals surface area (Å²) in [5.74, 6) is 0.405. The van der Waals surface area contributed by atoms with Crippen molar-refractivity contribution in [2.45, 2.75) is 0 Å². The highest BCUT2D eigenvalue weighted by atomic mass is 35.5. The fourth-order valence-electron chi connectivity index (χ4n) is 1.12. The number of hydrogen-bond acceptors (Lipinski definition) is 2. The highest BCUT2D eigenvalue weighted by Gasteiger charge is 1.97. The van der Waals surface area contributed by atoms with Crippen molar-refractivity contribution in [3.8, 4) is 0 Å². The lowest BCUT2D eigenvalue weighted by Gasteiger charge is -1.97. The van der Waals surface area contributed by atoms with E-state index in [-0.39, 0.29) is 0 Å². The van der Waals surface area contributed by atoms with Crippen LogP contribution in [-0.4, -0.2) is 18.5 Å². The van der Waals surface area contributed by atoms with Crippen LogP contribution in [0.5, 0.6) is 0 Å². The molecule has 0 aliphatic heterocycles. The van der Waals surface area contributed by atoms with E-state index < -0.39 is 0 Å². The zero-order valence-corrected chi connectivity index (χ0v) is 8.20. The molecule has 0 heterocycles. The van der Waals surface area contributed by atoms with Gasteiger partial charge in [0, 0.05) is 17.0 Å². The lowest BCUT2D eigenvalue weighted by Crippen LogP contribution is -1.87. The van der Waals surface area contributed by atoms with Crippen LogP contribution >= 0.6 is 11.6 Å². The van der Waals surface area contributed by atoms with Crippen molar-refractivity contribution in [1.82, 2.24) is 0 Å². The normalized spacial score (nSPS) is 10.4. The fourth-order valence-corrected chi connectivity index (χ4v) is 1.20. The van der Waals surface area contributed by atoms with Crippen molar-refractivity contribution >= 4 is 30.2 Å². The number of alkyl halides is 1. The molecule has 1 rings (SSSR count). The molecule has 0 amide bonds. The molecule has 0 radical (unpaired) electrons. The Kier molecular flexibility index (Phi) is 4.08. The van der Waals surface area contributed by atoms with Gasteiger partial charge in [-0.1, -0.05) is 12.2 Å². The summed E-state index contributed by atoms with van der Waals surface area (Å²) in [6.07, 6.45) is 4.95. The van der Waals surface area contributed by atoms with Gasteiger partial charge in [-0.15, -0.1) is 11.6 Å². The van der Waals surface area contributed by atoms with Gasteiger partial charge in [0.05, 0.1) is 0 Å². The average molecular weight is 209 g/mol.